The summed E-state index contributed by atoms with van der Waals surface area (Å²) in [6.07, 6.45) is 0. The van der Waals surface area contributed by atoms with Crippen LogP contribution in [0.3, 0.4) is 0 Å². The minimum Gasteiger partial charge on any atom is -0.237 e. The Kier molecular flexibility index (Phi) is 4.31. The molecule has 0 aliphatic heterocycles. The fourth-order valence-electron chi connectivity index (χ4n) is 1.25. The van der Waals surface area contributed by atoms with Crippen molar-refractivity contribution >= 4 is 11.0 Å². The number of nitriles is 1. The molecule has 0 bridgehead atoms. The third kappa shape index (κ3) is 3.18. The minimum absolute atomic E-state index is 0.303. The van der Waals surface area contributed by atoms with Gasteiger partial charge in [-0.2, -0.15) is 5.26 Å². The zero-order chi connectivity index (χ0) is 14.0. The molecular formula is C14H20N2OS. The van der Waals surface area contributed by atoms with Crippen molar-refractivity contribution in [3.63, 3.8) is 0 Å². The molecular weight excluding hydrogens is 244 g/mol. The van der Waals surface area contributed by atoms with Gasteiger partial charge in [-0.3, -0.25) is 0 Å². The van der Waals surface area contributed by atoms with Gasteiger partial charge >= 0.3 is 0 Å². The van der Waals surface area contributed by atoms with Crippen LogP contribution in [0.4, 0.5) is 0 Å². The Morgan fingerprint density at radius 1 is 1.17 bits per heavy atom. The summed E-state index contributed by atoms with van der Waals surface area (Å²) < 4.78 is 15.2. The summed E-state index contributed by atoms with van der Waals surface area (Å²) in [6.45, 7) is 9.62. The second-order valence-corrected chi connectivity index (χ2v) is 6.88. The average Bonchev–Trinajstić information content (AvgIpc) is 2.28. The van der Waals surface area contributed by atoms with Crippen LogP contribution >= 0.6 is 0 Å². The van der Waals surface area contributed by atoms with E-state index in [1.54, 1.807) is 6.92 Å². The topological polar surface area (TPSA) is 52.9 Å². The molecule has 0 amide bonds. The lowest BCUT2D eigenvalue weighted by Crippen LogP contribution is -2.51. The van der Waals surface area contributed by atoms with Crippen molar-refractivity contribution in [3.8, 4) is 6.07 Å². The predicted octanol–water partition coefficient (Wildman–Crippen LogP) is 2.94. The number of rotatable bonds is 3. The maximum Gasteiger partial charge on any atom is 0.126 e. The summed E-state index contributed by atoms with van der Waals surface area (Å²) in [5, 5.41) is 9.31. The average molecular weight is 264 g/mol. The molecule has 0 unspecified atom stereocenters. The largest absolute Gasteiger partial charge is 0.237 e. The molecule has 0 aliphatic carbocycles. The van der Waals surface area contributed by atoms with E-state index in [-0.39, 0.29) is 5.41 Å². The molecule has 1 rings (SSSR count). The Labute approximate surface area is 112 Å². The van der Waals surface area contributed by atoms with E-state index in [1.165, 1.54) is 0 Å². The van der Waals surface area contributed by atoms with Crippen molar-refractivity contribution in [3.05, 3.63) is 29.8 Å². The van der Waals surface area contributed by atoms with E-state index in [2.05, 4.69) is 10.8 Å². The van der Waals surface area contributed by atoms with Gasteiger partial charge in [-0.1, -0.05) is 38.5 Å². The molecule has 0 fully saturated rings. The Morgan fingerprint density at radius 2 is 1.67 bits per heavy atom. The van der Waals surface area contributed by atoms with Crippen molar-refractivity contribution < 1.29 is 4.21 Å². The molecule has 4 heteroatoms. The zero-order valence-corrected chi connectivity index (χ0v) is 12.4. The highest BCUT2D eigenvalue weighted by atomic mass is 32.2. The Hall–Kier alpha value is -1.18. The van der Waals surface area contributed by atoms with Gasteiger partial charge in [0, 0.05) is 0 Å². The van der Waals surface area contributed by atoms with Crippen LogP contribution in [0.25, 0.3) is 0 Å². The molecule has 1 N–H and O–H groups in total. The number of hydrogen-bond donors (Lipinski definition) is 1. The van der Waals surface area contributed by atoms with E-state index in [1.807, 2.05) is 52.0 Å². The maximum absolute atomic E-state index is 12.2. The number of benzene rings is 1. The number of hydrogen-bond acceptors (Lipinski definition) is 2. The number of nitrogens with zero attached hydrogens (tertiary/aromatic N) is 1. The minimum atomic E-state index is -1.38. The van der Waals surface area contributed by atoms with Crippen LogP contribution < -0.4 is 4.72 Å². The van der Waals surface area contributed by atoms with E-state index in [4.69, 9.17) is 0 Å². The Bertz CT molecular complexity index is 482. The lowest BCUT2D eigenvalue weighted by Gasteiger charge is -2.35. The van der Waals surface area contributed by atoms with Crippen molar-refractivity contribution in [1.82, 2.24) is 4.72 Å². The molecule has 0 radical (unpaired) electrons. The molecule has 1 aromatic carbocycles. The van der Waals surface area contributed by atoms with Gasteiger partial charge in [0.05, 0.1) is 11.0 Å². The SMILES string of the molecule is Cc1ccc([S@](=O)N[C@@](C)(C#N)C(C)(C)C)cc1. The van der Waals surface area contributed by atoms with Crippen LogP contribution in [0.1, 0.15) is 33.3 Å². The van der Waals surface area contributed by atoms with Crippen LogP contribution in [0, 0.1) is 23.7 Å². The lowest BCUT2D eigenvalue weighted by molar-refractivity contribution is 0.251. The number of aryl methyl sites for hydroxylation is 1. The van der Waals surface area contributed by atoms with Gasteiger partial charge in [-0.05, 0) is 31.4 Å². The van der Waals surface area contributed by atoms with E-state index in [9.17, 15) is 9.47 Å². The first-order chi connectivity index (χ1) is 8.19. The van der Waals surface area contributed by atoms with Crippen molar-refractivity contribution in [1.29, 1.82) is 5.26 Å². The first kappa shape index (κ1) is 14.9. The van der Waals surface area contributed by atoms with Crippen LogP contribution in [0.2, 0.25) is 0 Å². The van der Waals surface area contributed by atoms with E-state index in [0.717, 1.165) is 5.56 Å². The summed E-state index contributed by atoms with van der Waals surface area (Å²) >= 11 is 0. The van der Waals surface area contributed by atoms with Gasteiger partial charge in [0.15, 0.2) is 0 Å². The van der Waals surface area contributed by atoms with Crippen molar-refractivity contribution in [2.75, 3.05) is 0 Å². The smallest absolute Gasteiger partial charge is 0.126 e. The Morgan fingerprint density at radius 3 is 2.06 bits per heavy atom. The van der Waals surface area contributed by atoms with Gasteiger partial charge in [0.2, 0.25) is 0 Å². The normalized spacial score (nSPS) is 16.7. The maximum atomic E-state index is 12.2. The summed E-state index contributed by atoms with van der Waals surface area (Å²) in [4.78, 5) is 0.686. The fourth-order valence-corrected chi connectivity index (χ4v) is 2.47. The molecule has 0 aromatic heterocycles. The zero-order valence-electron chi connectivity index (χ0n) is 11.6. The van der Waals surface area contributed by atoms with Gasteiger partial charge in [0.1, 0.15) is 16.5 Å². The van der Waals surface area contributed by atoms with Crippen molar-refractivity contribution in [2.45, 2.75) is 45.1 Å². The number of nitrogens with one attached hydrogen (secondary N) is 1. The van der Waals surface area contributed by atoms with Crippen LogP contribution in [-0.2, 0) is 11.0 Å². The predicted molar refractivity (Wildman–Crippen MR) is 74.2 cm³/mol. The molecule has 3 nitrogen and oxygen atoms in total. The highest BCUT2D eigenvalue weighted by molar-refractivity contribution is 7.83. The van der Waals surface area contributed by atoms with Crippen LogP contribution in [-0.4, -0.2) is 9.75 Å². The summed E-state index contributed by atoms with van der Waals surface area (Å²) in [5.74, 6) is 0. The quantitative estimate of drug-likeness (QED) is 0.912. The summed E-state index contributed by atoms with van der Waals surface area (Å²) in [6, 6.07) is 9.69. The fraction of sp³-hybridized carbons (Fsp3) is 0.500. The van der Waals surface area contributed by atoms with Gasteiger partial charge in [0.25, 0.3) is 0 Å². The van der Waals surface area contributed by atoms with Gasteiger partial charge < -0.3 is 0 Å². The summed E-state index contributed by atoms with van der Waals surface area (Å²) in [7, 11) is -1.38. The second-order valence-electron chi connectivity index (χ2n) is 5.67. The monoisotopic (exact) mass is 264 g/mol. The first-order valence-corrected chi connectivity index (χ1v) is 7.02. The van der Waals surface area contributed by atoms with Crippen LogP contribution in [0.5, 0.6) is 0 Å². The summed E-state index contributed by atoms with van der Waals surface area (Å²) in [5.41, 5.74) is -0.0279. The lowest BCUT2D eigenvalue weighted by atomic mass is 9.77. The van der Waals surface area contributed by atoms with Crippen molar-refractivity contribution in [2.24, 2.45) is 5.41 Å². The van der Waals surface area contributed by atoms with Gasteiger partial charge in [-0.25, -0.2) is 8.93 Å². The second kappa shape index (κ2) is 5.21. The third-order valence-corrected chi connectivity index (χ3v) is 4.55. The molecule has 0 saturated heterocycles. The highest BCUT2D eigenvalue weighted by Crippen LogP contribution is 2.30. The van der Waals surface area contributed by atoms with E-state index < -0.39 is 16.5 Å². The van der Waals surface area contributed by atoms with E-state index in [0.29, 0.717) is 4.90 Å². The third-order valence-electron chi connectivity index (χ3n) is 3.26. The molecule has 1 aromatic rings. The molecule has 0 saturated carbocycles. The highest BCUT2D eigenvalue weighted by Gasteiger charge is 2.39. The molecule has 0 aliphatic rings. The Balaban J connectivity index is 2.94. The molecule has 98 valence electrons. The standard InChI is InChI=1S/C14H20N2OS/c1-11-6-8-12(9-7-11)18(17)16-14(5,10-15)13(2,3)4/h6-9,16H,1-5H3/t14-,18-/m0/s1. The molecule has 0 heterocycles. The molecule has 0 spiro atoms. The van der Waals surface area contributed by atoms with Gasteiger partial charge in [-0.15, -0.1) is 0 Å². The van der Waals surface area contributed by atoms with Crippen LogP contribution in [0.15, 0.2) is 29.2 Å². The molecule has 18 heavy (non-hydrogen) atoms. The first-order valence-electron chi connectivity index (χ1n) is 5.87. The molecule has 2 atom stereocenters. The van der Waals surface area contributed by atoms with E-state index >= 15 is 0 Å².